The van der Waals surface area contributed by atoms with E-state index in [1.807, 2.05) is 13.8 Å². The third kappa shape index (κ3) is 4.57. The van der Waals surface area contributed by atoms with Crippen molar-refractivity contribution in [3.05, 3.63) is 41.3 Å². The van der Waals surface area contributed by atoms with Crippen molar-refractivity contribution in [2.75, 3.05) is 6.26 Å². The van der Waals surface area contributed by atoms with Gasteiger partial charge in [0.1, 0.15) is 0 Å². The molecule has 0 radical (unpaired) electrons. The van der Waals surface area contributed by atoms with Crippen molar-refractivity contribution in [1.29, 1.82) is 0 Å². The van der Waals surface area contributed by atoms with Crippen molar-refractivity contribution in [1.82, 2.24) is 0 Å². The van der Waals surface area contributed by atoms with Gasteiger partial charge in [0.25, 0.3) is 0 Å². The van der Waals surface area contributed by atoms with Crippen LogP contribution in [0.1, 0.15) is 19.4 Å². The summed E-state index contributed by atoms with van der Waals surface area (Å²) in [6.07, 6.45) is -3.35. The molecular weight excluding hydrogens is 321 g/mol. The van der Waals surface area contributed by atoms with E-state index in [9.17, 15) is 21.6 Å². The summed E-state index contributed by atoms with van der Waals surface area (Å²) in [6, 6.07) is 6.20. The monoisotopic (exact) mass is 336 g/mol. The fourth-order valence-corrected chi connectivity index (χ4v) is 3.53. The van der Waals surface area contributed by atoms with E-state index >= 15 is 0 Å². The highest BCUT2D eigenvalue weighted by Gasteiger charge is 2.30. The molecule has 7 heteroatoms. The zero-order valence-electron chi connectivity index (χ0n) is 11.7. The van der Waals surface area contributed by atoms with Crippen molar-refractivity contribution in [3.8, 4) is 10.4 Å². The number of hydrogen-bond acceptors (Lipinski definition) is 3. The molecule has 0 amide bonds. The third-order valence-electron chi connectivity index (χ3n) is 2.48. The first-order chi connectivity index (χ1) is 9.68. The SMILES string of the molecule is CC.CS(=O)(=O)c1csc(-c2cccc(C(F)(F)F)c2)c1. The van der Waals surface area contributed by atoms with Gasteiger partial charge in [-0.05, 0) is 23.8 Å². The van der Waals surface area contributed by atoms with E-state index in [1.54, 1.807) is 0 Å². The van der Waals surface area contributed by atoms with Crippen LogP contribution >= 0.6 is 11.3 Å². The van der Waals surface area contributed by atoms with Gasteiger partial charge >= 0.3 is 6.18 Å². The fourth-order valence-electron chi connectivity index (χ4n) is 1.51. The number of benzene rings is 1. The smallest absolute Gasteiger partial charge is 0.224 e. The standard InChI is InChI=1S/C12H9F3O2S2.C2H6/c1-19(16,17)10-6-11(18-7-10)8-3-2-4-9(5-8)12(13,14)15;1-2/h2-7H,1H3;1-2H3. The van der Waals surface area contributed by atoms with E-state index in [1.165, 1.54) is 23.6 Å². The lowest BCUT2D eigenvalue weighted by Crippen LogP contribution is -2.04. The van der Waals surface area contributed by atoms with E-state index in [-0.39, 0.29) is 4.90 Å². The number of thiophene rings is 1. The first kappa shape index (κ1) is 17.7. The summed E-state index contributed by atoms with van der Waals surface area (Å²) in [4.78, 5) is 0.608. The van der Waals surface area contributed by atoms with Gasteiger partial charge in [0.05, 0.1) is 10.5 Å². The summed E-state index contributed by atoms with van der Waals surface area (Å²) < 4.78 is 60.4. The Bertz CT molecular complexity index is 701. The summed E-state index contributed by atoms with van der Waals surface area (Å²) in [6.45, 7) is 4.00. The number of sulfone groups is 1. The van der Waals surface area contributed by atoms with E-state index in [2.05, 4.69) is 0 Å². The Morgan fingerprint density at radius 1 is 1.10 bits per heavy atom. The Kier molecular flexibility index (Phi) is 5.58. The lowest BCUT2D eigenvalue weighted by atomic mass is 10.1. The van der Waals surface area contributed by atoms with E-state index in [0.29, 0.717) is 10.4 Å². The third-order valence-corrected chi connectivity index (χ3v) is 4.70. The summed E-state index contributed by atoms with van der Waals surface area (Å²) in [5, 5.41) is 1.42. The quantitative estimate of drug-likeness (QED) is 0.784. The van der Waals surface area contributed by atoms with E-state index in [4.69, 9.17) is 0 Å². The molecule has 0 saturated heterocycles. The van der Waals surface area contributed by atoms with Crippen LogP contribution in [-0.4, -0.2) is 14.7 Å². The second kappa shape index (κ2) is 6.62. The number of rotatable bonds is 2. The Balaban J connectivity index is 0.00000106. The van der Waals surface area contributed by atoms with Gasteiger partial charge in [0.15, 0.2) is 9.84 Å². The van der Waals surface area contributed by atoms with Gasteiger partial charge in [-0.15, -0.1) is 11.3 Å². The van der Waals surface area contributed by atoms with Gasteiger partial charge in [-0.3, -0.25) is 0 Å². The molecule has 1 aromatic carbocycles. The topological polar surface area (TPSA) is 34.1 Å². The summed E-state index contributed by atoms with van der Waals surface area (Å²) in [5.74, 6) is 0. The van der Waals surface area contributed by atoms with Crippen LogP contribution in [0.2, 0.25) is 0 Å². The first-order valence-electron chi connectivity index (χ1n) is 6.14. The summed E-state index contributed by atoms with van der Waals surface area (Å²) >= 11 is 1.10. The van der Waals surface area contributed by atoms with Crippen LogP contribution in [0.25, 0.3) is 10.4 Å². The average Bonchev–Trinajstić information content (AvgIpc) is 2.90. The van der Waals surface area contributed by atoms with Crippen molar-refractivity contribution < 1.29 is 21.6 Å². The number of halogens is 3. The number of alkyl halides is 3. The predicted octanol–water partition coefficient (Wildman–Crippen LogP) is 4.86. The minimum Gasteiger partial charge on any atom is -0.224 e. The molecule has 0 saturated carbocycles. The molecule has 2 aromatic rings. The van der Waals surface area contributed by atoms with Crippen LogP contribution in [0, 0.1) is 0 Å². The maximum atomic E-state index is 12.6. The maximum Gasteiger partial charge on any atom is 0.416 e. The normalized spacial score (nSPS) is 11.7. The predicted molar refractivity (Wildman–Crippen MR) is 79.2 cm³/mol. The minimum absolute atomic E-state index is 0.116. The first-order valence-corrected chi connectivity index (χ1v) is 8.91. The molecule has 116 valence electrons. The van der Waals surface area contributed by atoms with Crippen molar-refractivity contribution >= 4 is 21.2 Å². The molecule has 1 aromatic heterocycles. The Morgan fingerprint density at radius 3 is 2.19 bits per heavy atom. The second-order valence-electron chi connectivity index (χ2n) is 4.00. The van der Waals surface area contributed by atoms with Gasteiger partial charge in [0.2, 0.25) is 0 Å². The minimum atomic E-state index is -4.41. The van der Waals surface area contributed by atoms with E-state index in [0.717, 1.165) is 29.7 Å². The average molecular weight is 336 g/mol. The lowest BCUT2D eigenvalue weighted by molar-refractivity contribution is -0.137. The van der Waals surface area contributed by atoms with E-state index < -0.39 is 21.6 Å². The molecule has 2 nitrogen and oxygen atoms in total. The lowest BCUT2D eigenvalue weighted by Gasteiger charge is -2.07. The van der Waals surface area contributed by atoms with Crippen molar-refractivity contribution in [2.45, 2.75) is 24.9 Å². The van der Waals surface area contributed by atoms with Crippen molar-refractivity contribution in [3.63, 3.8) is 0 Å². The zero-order chi connectivity index (χ0) is 16.3. The van der Waals surface area contributed by atoms with Crippen LogP contribution in [-0.2, 0) is 16.0 Å². The van der Waals surface area contributed by atoms with Crippen LogP contribution in [0.3, 0.4) is 0 Å². The highest BCUT2D eigenvalue weighted by molar-refractivity contribution is 7.90. The fraction of sp³-hybridized carbons (Fsp3) is 0.286. The highest BCUT2D eigenvalue weighted by atomic mass is 32.2. The molecule has 0 atom stereocenters. The van der Waals surface area contributed by atoms with Crippen LogP contribution in [0.5, 0.6) is 0 Å². The van der Waals surface area contributed by atoms with Crippen LogP contribution in [0.4, 0.5) is 13.2 Å². The second-order valence-corrected chi connectivity index (χ2v) is 6.92. The largest absolute Gasteiger partial charge is 0.416 e. The molecule has 0 fully saturated rings. The van der Waals surface area contributed by atoms with Crippen molar-refractivity contribution in [2.24, 2.45) is 0 Å². The molecule has 0 aliphatic heterocycles. The molecule has 0 aliphatic rings. The summed E-state index contributed by atoms with van der Waals surface area (Å²) in [7, 11) is -3.34. The van der Waals surface area contributed by atoms with Gasteiger partial charge in [-0.1, -0.05) is 26.0 Å². The molecule has 0 bridgehead atoms. The van der Waals surface area contributed by atoms with Gasteiger partial charge in [-0.2, -0.15) is 13.2 Å². The number of hydrogen-bond donors (Lipinski definition) is 0. The van der Waals surface area contributed by atoms with Gasteiger partial charge in [-0.25, -0.2) is 8.42 Å². The highest BCUT2D eigenvalue weighted by Crippen LogP contribution is 2.34. The molecular formula is C14H15F3O2S2. The molecule has 1 heterocycles. The summed E-state index contributed by atoms with van der Waals surface area (Å²) in [5.41, 5.74) is -0.394. The zero-order valence-corrected chi connectivity index (χ0v) is 13.4. The van der Waals surface area contributed by atoms with Crippen LogP contribution in [0.15, 0.2) is 40.6 Å². The van der Waals surface area contributed by atoms with Gasteiger partial charge in [0, 0.05) is 16.5 Å². The Morgan fingerprint density at radius 2 is 1.71 bits per heavy atom. The molecule has 2 rings (SSSR count). The molecule has 0 spiro atoms. The molecule has 0 N–H and O–H groups in total. The molecule has 0 unspecified atom stereocenters. The van der Waals surface area contributed by atoms with Gasteiger partial charge < -0.3 is 0 Å². The Hall–Kier alpha value is -1.34. The molecule has 0 aliphatic carbocycles. The molecule has 21 heavy (non-hydrogen) atoms. The maximum absolute atomic E-state index is 12.6. The Labute approximate surface area is 126 Å². The van der Waals surface area contributed by atoms with Crippen LogP contribution < -0.4 is 0 Å².